The van der Waals surface area contributed by atoms with Gasteiger partial charge in [-0.1, -0.05) is 31.4 Å². The molecule has 0 spiro atoms. The van der Waals surface area contributed by atoms with Crippen molar-refractivity contribution in [1.82, 2.24) is 0 Å². The molecule has 3 rings (SSSR count). The Bertz CT molecular complexity index is 600. The Hall–Kier alpha value is -1.22. The van der Waals surface area contributed by atoms with Crippen LogP contribution in [0.5, 0.6) is 0 Å². The van der Waals surface area contributed by atoms with Gasteiger partial charge in [-0.05, 0) is 75.0 Å². The number of hydrogen-bond acceptors (Lipinski definition) is 1. The molecule has 1 nitrogen and oxygen atoms in total. The predicted octanol–water partition coefficient (Wildman–Crippen LogP) is 5.87. The molecule has 0 aromatic heterocycles. The summed E-state index contributed by atoms with van der Waals surface area (Å²) >= 11 is 0. The van der Waals surface area contributed by atoms with E-state index in [0.717, 1.165) is 37.0 Å². The molecule has 0 aliphatic heterocycles. The van der Waals surface area contributed by atoms with Crippen LogP contribution < -0.4 is 0 Å². The lowest BCUT2D eigenvalue weighted by atomic mass is 9.70. The number of hydrogen-bond donors (Lipinski definition) is 1. The molecular formula is C21H28F2O. The van der Waals surface area contributed by atoms with Gasteiger partial charge in [0.05, 0.1) is 5.60 Å². The first-order valence-electron chi connectivity index (χ1n) is 9.38. The van der Waals surface area contributed by atoms with Crippen LogP contribution in [0, 0.1) is 23.5 Å². The fourth-order valence-electron chi connectivity index (χ4n) is 4.54. The van der Waals surface area contributed by atoms with Crippen LogP contribution in [0.2, 0.25) is 0 Å². The molecule has 2 aliphatic rings. The molecule has 2 aliphatic carbocycles. The fraction of sp³-hybridized carbons (Fsp3) is 0.619. The minimum absolute atomic E-state index is 0.126. The summed E-state index contributed by atoms with van der Waals surface area (Å²) in [5.41, 5.74) is 0.438. The molecule has 0 bridgehead atoms. The van der Waals surface area contributed by atoms with Crippen LogP contribution >= 0.6 is 0 Å². The Balaban J connectivity index is 1.64. The van der Waals surface area contributed by atoms with Crippen molar-refractivity contribution in [2.24, 2.45) is 11.8 Å². The van der Waals surface area contributed by atoms with Crippen LogP contribution in [0.15, 0.2) is 29.8 Å². The third-order valence-corrected chi connectivity index (χ3v) is 6.02. The van der Waals surface area contributed by atoms with Crippen LogP contribution in [0.3, 0.4) is 0 Å². The van der Waals surface area contributed by atoms with Gasteiger partial charge in [0.25, 0.3) is 0 Å². The molecule has 0 amide bonds. The smallest absolute Gasteiger partial charge is 0.129 e. The lowest BCUT2D eigenvalue weighted by molar-refractivity contribution is -0.0138. The van der Waals surface area contributed by atoms with Crippen molar-refractivity contribution in [3.8, 4) is 0 Å². The Kier molecular flexibility index (Phi) is 5.39. The van der Waals surface area contributed by atoms with Crippen molar-refractivity contribution in [1.29, 1.82) is 0 Å². The Labute approximate surface area is 143 Å². The standard InChI is InChI=1S/C21H28F2O/c1-2-3-15-4-6-16(7-5-15)17-10-12-21(24,13-11-17)19-14-18(22)8-9-20(19)23/h6,8-9,14-15,17,24H,2-5,7,10-13H2,1H3/t15?,17-,21+. The van der Waals surface area contributed by atoms with E-state index in [9.17, 15) is 13.9 Å². The zero-order chi connectivity index (χ0) is 17.2. The van der Waals surface area contributed by atoms with Gasteiger partial charge < -0.3 is 5.11 Å². The minimum Gasteiger partial charge on any atom is -0.385 e. The molecule has 132 valence electrons. The first-order chi connectivity index (χ1) is 11.5. The maximum absolute atomic E-state index is 14.0. The number of benzene rings is 1. The summed E-state index contributed by atoms with van der Waals surface area (Å²) < 4.78 is 27.5. The lowest BCUT2D eigenvalue weighted by Gasteiger charge is -2.38. The number of aliphatic hydroxyl groups is 1. The number of halogens is 2. The molecule has 0 heterocycles. The SMILES string of the molecule is CCCC1CC=C([C@H]2CC[C@](O)(c3cc(F)ccc3F)CC2)CC1. The van der Waals surface area contributed by atoms with E-state index < -0.39 is 17.2 Å². The van der Waals surface area contributed by atoms with Crippen LogP contribution in [0.25, 0.3) is 0 Å². The van der Waals surface area contributed by atoms with Gasteiger partial charge in [-0.25, -0.2) is 8.78 Å². The second-order valence-corrected chi connectivity index (χ2v) is 7.64. The molecule has 1 atom stereocenters. The van der Waals surface area contributed by atoms with Gasteiger partial charge in [-0.3, -0.25) is 0 Å². The highest BCUT2D eigenvalue weighted by Gasteiger charge is 2.38. The summed E-state index contributed by atoms with van der Waals surface area (Å²) in [6.07, 6.45) is 11.3. The van der Waals surface area contributed by atoms with Crippen molar-refractivity contribution >= 4 is 0 Å². The van der Waals surface area contributed by atoms with Crippen molar-refractivity contribution in [2.75, 3.05) is 0 Å². The van der Waals surface area contributed by atoms with Crippen molar-refractivity contribution in [2.45, 2.75) is 70.3 Å². The van der Waals surface area contributed by atoms with E-state index in [1.807, 2.05) is 0 Å². The zero-order valence-corrected chi connectivity index (χ0v) is 14.5. The summed E-state index contributed by atoms with van der Waals surface area (Å²) in [7, 11) is 0. The second-order valence-electron chi connectivity index (χ2n) is 7.64. The summed E-state index contributed by atoms with van der Waals surface area (Å²) in [5, 5.41) is 10.8. The Morgan fingerprint density at radius 3 is 2.54 bits per heavy atom. The third-order valence-electron chi connectivity index (χ3n) is 6.02. The first kappa shape index (κ1) is 17.6. The zero-order valence-electron chi connectivity index (χ0n) is 14.5. The highest BCUT2D eigenvalue weighted by Crippen LogP contribution is 2.44. The van der Waals surface area contributed by atoms with E-state index in [1.54, 1.807) is 0 Å². The Morgan fingerprint density at radius 2 is 1.92 bits per heavy atom. The molecule has 0 radical (unpaired) electrons. The maximum atomic E-state index is 14.0. The fourth-order valence-corrected chi connectivity index (χ4v) is 4.54. The summed E-state index contributed by atoms with van der Waals surface area (Å²) in [4.78, 5) is 0. The van der Waals surface area contributed by atoms with E-state index in [0.29, 0.717) is 18.8 Å². The highest BCUT2D eigenvalue weighted by atomic mass is 19.1. The second kappa shape index (κ2) is 7.35. The van der Waals surface area contributed by atoms with Crippen molar-refractivity contribution < 1.29 is 13.9 Å². The Morgan fingerprint density at radius 1 is 1.17 bits per heavy atom. The molecule has 3 heteroatoms. The van der Waals surface area contributed by atoms with Crippen molar-refractivity contribution in [3.63, 3.8) is 0 Å². The van der Waals surface area contributed by atoms with Gasteiger partial charge in [-0.15, -0.1) is 0 Å². The van der Waals surface area contributed by atoms with E-state index in [-0.39, 0.29) is 5.56 Å². The molecule has 1 aromatic rings. The predicted molar refractivity (Wildman–Crippen MR) is 92.5 cm³/mol. The average Bonchev–Trinajstić information content (AvgIpc) is 2.59. The molecule has 1 aromatic carbocycles. The number of allylic oxidation sites excluding steroid dienone is 2. The van der Waals surface area contributed by atoms with E-state index in [4.69, 9.17) is 0 Å². The van der Waals surface area contributed by atoms with Gasteiger partial charge in [0.2, 0.25) is 0 Å². The summed E-state index contributed by atoms with van der Waals surface area (Å²) in [5.74, 6) is 0.348. The van der Waals surface area contributed by atoms with Crippen LogP contribution in [0.4, 0.5) is 8.78 Å². The summed E-state index contributed by atoms with van der Waals surface area (Å²) in [6, 6.07) is 3.38. The molecule has 1 unspecified atom stereocenters. The van der Waals surface area contributed by atoms with Crippen LogP contribution in [-0.4, -0.2) is 5.11 Å². The van der Waals surface area contributed by atoms with Crippen molar-refractivity contribution in [3.05, 3.63) is 47.0 Å². The maximum Gasteiger partial charge on any atom is 0.129 e. The van der Waals surface area contributed by atoms with Crippen LogP contribution in [-0.2, 0) is 5.60 Å². The molecule has 1 saturated carbocycles. The highest BCUT2D eigenvalue weighted by molar-refractivity contribution is 5.26. The quantitative estimate of drug-likeness (QED) is 0.683. The van der Waals surface area contributed by atoms with Gasteiger partial charge >= 0.3 is 0 Å². The number of rotatable bonds is 4. The largest absolute Gasteiger partial charge is 0.385 e. The monoisotopic (exact) mass is 334 g/mol. The average molecular weight is 334 g/mol. The molecule has 1 fully saturated rings. The van der Waals surface area contributed by atoms with E-state index in [1.165, 1.54) is 37.7 Å². The van der Waals surface area contributed by atoms with Gasteiger partial charge in [0.1, 0.15) is 11.6 Å². The van der Waals surface area contributed by atoms with E-state index >= 15 is 0 Å². The third kappa shape index (κ3) is 3.72. The molecule has 1 N–H and O–H groups in total. The first-order valence-corrected chi connectivity index (χ1v) is 9.38. The van der Waals surface area contributed by atoms with Gasteiger partial charge in [-0.2, -0.15) is 0 Å². The van der Waals surface area contributed by atoms with Gasteiger partial charge in [0.15, 0.2) is 0 Å². The topological polar surface area (TPSA) is 20.2 Å². The molecule has 0 saturated heterocycles. The molecular weight excluding hydrogens is 306 g/mol. The minimum atomic E-state index is -1.22. The van der Waals surface area contributed by atoms with Gasteiger partial charge in [0, 0.05) is 5.56 Å². The normalized spacial score (nSPS) is 30.9. The summed E-state index contributed by atoms with van der Waals surface area (Å²) in [6.45, 7) is 2.24. The van der Waals surface area contributed by atoms with E-state index in [2.05, 4.69) is 13.0 Å². The van der Waals surface area contributed by atoms with Crippen LogP contribution in [0.1, 0.15) is 70.3 Å². The molecule has 24 heavy (non-hydrogen) atoms. The lowest BCUT2D eigenvalue weighted by Crippen LogP contribution is -2.33.